The van der Waals surface area contributed by atoms with Gasteiger partial charge in [0, 0.05) is 4.47 Å². The summed E-state index contributed by atoms with van der Waals surface area (Å²) in [4.78, 5) is 3.77. The molecule has 0 amide bonds. The predicted molar refractivity (Wildman–Crippen MR) is 53.8 cm³/mol. The highest BCUT2D eigenvalue weighted by Crippen LogP contribution is 2.27. The molecular formula is C7H3BrClNS. The third-order valence-corrected chi connectivity index (χ3v) is 1.98. The average Bonchev–Trinajstić information content (AvgIpc) is 1.98. The van der Waals surface area contributed by atoms with E-state index in [4.69, 9.17) is 11.6 Å². The van der Waals surface area contributed by atoms with Crippen LogP contribution in [0.2, 0.25) is 5.02 Å². The van der Waals surface area contributed by atoms with Crippen molar-refractivity contribution in [3.8, 4) is 0 Å². The van der Waals surface area contributed by atoms with Crippen molar-refractivity contribution in [3.05, 3.63) is 27.7 Å². The van der Waals surface area contributed by atoms with Crippen LogP contribution in [0.15, 0.2) is 27.7 Å². The number of nitrogens with zero attached hydrogens (tertiary/aromatic N) is 1. The number of thiocarbonyl (C=S) groups is 1. The van der Waals surface area contributed by atoms with Gasteiger partial charge in [-0.3, -0.25) is 0 Å². The summed E-state index contributed by atoms with van der Waals surface area (Å²) >= 11 is 13.5. The third-order valence-electron chi connectivity index (χ3n) is 1.07. The second-order valence-electron chi connectivity index (χ2n) is 1.80. The number of halogens is 2. The Morgan fingerprint density at radius 1 is 1.55 bits per heavy atom. The van der Waals surface area contributed by atoms with Gasteiger partial charge in [0.2, 0.25) is 0 Å². The lowest BCUT2D eigenvalue weighted by molar-refractivity contribution is 1.53. The molecular weight excluding hydrogens is 246 g/mol. The van der Waals surface area contributed by atoms with Crippen LogP contribution in [0.4, 0.5) is 5.69 Å². The van der Waals surface area contributed by atoms with Crippen LogP contribution < -0.4 is 0 Å². The van der Waals surface area contributed by atoms with Crippen molar-refractivity contribution >= 4 is 50.6 Å². The van der Waals surface area contributed by atoms with E-state index in [0.29, 0.717) is 10.7 Å². The van der Waals surface area contributed by atoms with Crippen LogP contribution in [-0.2, 0) is 0 Å². The van der Waals surface area contributed by atoms with Gasteiger partial charge in [-0.25, -0.2) is 0 Å². The molecule has 0 spiro atoms. The molecule has 0 aromatic heterocycles. The van der Waals surface area contributed by atoms with Crippen LogP contribution in [0.25, 0.3) is 0 Å². The molecule has 11 heavy (non-hydrogen) atoms. The number of aliphatic imine (C=N–C) groups is 1. The van der Waals surface area contributed by atoms with Gasteiger partial charge in [-0.15, -0.1) is 0 Å². The highest BCUT2D eigenvalue weighted by molar-refractivity contribution is 9.10. The fourth-order valence-electron chi connectivity index (χ4n) is 0.621. The maximum atomic E-state index is 5.77. The van der Waals surface area contributed by atoms with Crippen LogP contribution in [-0.4, -0.2) is 5.16 Å². The predicted octanol–water partition coefficient (Wildman–Crippen LogP) is 3.84. The first-order valence-electron chi connectivity index (χ1n) is 2.77. The topological polar surface area (TPSA) is 12.4 Å². The molecule has 1 aromatic carbocycles. The molecule has 0 fully saturated rings. The summed E-state index contributed by atoms with van der Waals surface area (Å²) in [6.45, 7) is 0. The number of rotatable bonds is 1. The van der Waals surface area contributed by atoms with Gasteiger partial charge in [0.05, 0.1) is 15.9 Å². The van der Waals surface area contributed by atoms with E-state index in [1.807, 2.05) is 6.07 Å². The summed E-state index contributed by atoms with van der Waals surface area (Å²) < 4.78 is 0.922. The Morgan fingerprint density at radius 2 is 2.27 bits per heavy atom. The van der Waals surface area contributed by atoms with Gasteiger partial charge in [0.25, 0.3) is 0 Å². The van der Waals surface area contributed by atoms with E-state index in [2.05, 4.69) is 38.3 Å². The third kappa shape index (κ3) is 2.38. The van der Waals surface area contributed by atoms with Gasteiger partial charge in [-0.1, -0.05) is 27.5 Å². The van der Waals surface area contributed by atoms with Gasteiger partial charge < -0.3 is 0 Å². The standard InChI is InChI=1S/C7H3BrClNS/c8-5-1-2-6(9)7(3-5)10-4-11/h1-3H. The molecule has 0 aliphatic carbocycles. The van der Waals surface area contributed by atoms with Gasteiger partial charge in [-0.05, 0) is 30.4 Å². The largest absolute Gasteiger partial charge is 0.193 e. The van der Waals surface area contributed by atoms with Crippen molar-refractivity contribution < 1.29 is 0 Å². The minimum atomic E-state index is 0.575. The van der Waals surface area contributed by atoms with Gasteiger partial charge >= 0.3 is 0 Å². The lowest BCUT2D eigenvalue weighted by Crippen LogP contribution is -1.67. The summed E-state index contributed by atoms with van der Waals surface area (Å²) in [5.74, 6) is 0. The van der Waals surface area contributed by atoms with E-state index in [-0.39, 0.29) is 0 Å². The Balaban J connectivity index is 3.22. The normalized spacial score (nSPS) is 8.91. The van der Waals surface area contributed by atoms with E-state index in [1.54, 1.807) is 12.1 Å². The van der Waals surface area contributed by atoms with Crippen LogP contribution in [0.1, 0.15) is 0 Å². The summed E-state index contributed by atoms with van der Waals surface area (Å²) in [5, 5.41) is 2.83. The highest BCUT2D eigenvalue weighted by Gasteiger charge is 1.97. The zero-order chi connectivity index (χ0) is 8.27. The Labute approximate surface area is 83.2 Å². The molecule has 0 N–H and O–H groups in total. The molecule has 0 bridgehead atoms. The first-order valence-corrected chi connectivity index (χ1v) is 4.35. The molecule has 0 heterocycles. The average molecular weight is 249 g/mol. The summed E-state index contributed by atoms with van der Waals surface area (Å²) in [5.41, 5.74) is 0.635. The van der Waals surface area contributed by atoms with Crippen molar-refractivity contribution in [2.75, 3.05) is 0 Å². The SMILES string of the molecule is S=C=Nc1cc(Br)ccc1Cl. The van der Waals surface area contributed by atoms with Gasteiger partial charge in [0.15, 0.2) is 0 Å². The summed E-state index contributed by atoms with van der Waals surface area (Å²) in [6.07, 6.45) is 0. The fraction of sp³-hybridized carbons (Fsp3) is 0. The van der Waals surface area contributed by atoms with Crippen LogP contribution in [0.3, 0.4) is 0 Å². The quantitative estimate of drug-likeness (QED) is 0.543. The smallest absolute Gasteiger partial charge is 0.0936 e. The van der Waals surface area contributed by atoms with Crippen LogP contribution in [0, 0.1) is 0 Å². The molecule has 0 saturated heterocycles. The van der Waals surface area contributed by atoms with E-state index < -0.39 is 0 Å². The fourth-order valence-corrected chi connectivity index (χ4v) is 1.23. The minimum Gasteiger partial charge on any atom is -0.193 e. The van der Waals surface area contributed by atoms with Crippen molar-refractivity contribution in [2.45, 2.75) is 0 Å². The zero-order valence-electron chi connectivity index (χ0n) is 5.34. The second-order valence-corrected chi connectivity index (χ2v) is 3.30. The number of isothiocyanates is 1. The van der Waals surface area contributed by atoms with Crippen molar-refractivity contribution in [1.82, 2.24) is 0 Å². The van der Waals surface area contributed by atoms with Gasteiger partial charge in [0.1, 0.15) is 0 Å². The summed E-state index contributed by atoms with van der Waals surface area (Å²) in [6, 6.07) is 5.36. The molecule has 0 atom stereocenters. The number of hydrogen-bond acceptors (Lipinski definition) is 2. The minimum absolute atomic E-state index is 0.575. The summed E-state index contributed by atoms with van der Waals surface area (Å²) in [7, 11) is 0. The van der Waals surface area contributed by atoms with Crippen LogP contribution in [0.5, 0.6) is 0 Å². The van der Waals surface area contributed by atoms with E-state index in [1.165, 1.54) is 0 Å². The van der Waals surface area contributed by atoms with E-state index >= 15 is 0 Å². The molecule has 1 nitrogen and oxygen atoms in total. The second kappa shape index (κ2) is 3.98. The molecule has 0 aliphatic heterocycles. The maximum Gasteiger partial charge on any atom is 0.0936 e. The van der Waals surface area contributed by atoms with Crippen molar-refractivity contribution in [2.24, 2.45) is 4.99 Å². The lowest BCUT2D eigenvalue weighted by atomic mass is 10.3. The molecule has 0 unspecified atom stereocenters. The Bertz CT molecular complexity index is 320. The maximum absolute atomic E-state index is 5.77. The molecule has 1 aromatic rings. The van der Waals surface area contributed by atoms with Crippen molar-refractivity contribution in [1.29, 1.82) is 0 Å². The Hall–Kier alpha value is -0.210. The molecule has 0 saturated carbocycles. The van der Waals surface area contributed by atoms with E-state index in [9.17, 15) is 0 Å². The molecule has 1 rings (SSSR count). The first-order chi connectivity index (χ1) is 5.24. The number of hydrogen-bond donors (Lipinski definition) is 0. The molecule has 0 aliphatic rings. The Morgan fingerprint density at radius 3 is 2.91 bits per heavy atom. The van der Waals surface area contributed by atoms with Crippen LogP contribution >= 0.6 is 39.7 Å². The molecule has 4 heteroatoms. The molecule has 56 valence electrons. The van der Waals surface area contributed by atoms with Crippen molar-refractivity contribution in [3.63, 3.8) is 0 Å². The Kier molecular flexibility index (Phi) is 3.21. The van der Waals surface area contributed by atoms with E-state index in [0.717, 1.165) is 4.47 Å². The lowest BCUT2D eigenvalue weighted by Gasteiger charge is -1.95. The highest BCUT2D eigenvalue weighted by atomic mass is 79.9. The monoisotopic (exact) mass is 247 g/mol. The zero-order valence-corrected chi connectivity index (χ0v) is 8.50. The molecule has 0 radical (unpaired) electrons. The van der Waals surface area contributed by atoms with Gasteiger partial charge in [-0.2, -0.15) is 4.99 Å². The number of benzene rings is 1. The first kappa shape index (κ1) is 8.88.